The lowest BCUT2D eigenvalue weighted by molar-refractivity contribution is -0.119. The zero-order valence-corrected chi connectivity index (χ0v) is 12.5. The van der Waals surface area contributed by atoms with Gasteiger partial charge in [0, 0.05) is 17.3 Å². The molecule has 0 saturated carbocycles. The van der Waals surface area contributed by atoms with Crippen molar-refractivity contribution < 1.29 is 4.79 Å². The van der Waals surface area contributed by atoms with E-state index >= 15 is 0 Å². The van der Waals surface area contributed by atoms with Gasteiger partial charge in [0.05, 0.1) is 5.75 Å². The highest BCUT2D eigenvalue weighted by Gasteiger charge is 2.09. The summed E-state index contributed by atoms with van der Waals surface area (Å²) in [5.74, 6) is 1.17. The van der Waals surface area contributed by atoms with Gasteiger partial charge in [-0.05, 0) is 25.3 Å². The number of H-pyrrole nitrogens is 1. The molecule has 19 heavy (non-hydrogen) atoms. The quantitative estimate of drug-likeness (QED) is 0.801. The molecule has 2 N–H and O–H groups in total. The van der Waals surface area contributed by atoms with Gasteiger partial charge in [-0.3, -0.25) is 9.89 Å². The Balaban J connectivity index is 1.82. The predicted molar refractivity (Wildman–Crippen MR) is 77.5 cm³/mol. The van der Waals surface area contributed by atoms with Crippen molar-refractivity contribution in [2.75, 3.05) is 5.75 Å². The zero-order valence-electron chi connectivity index (χ0n) is 10.8. The maximum absolute atomic E-state index is 11.5. The molecule has 0 fully saturated rings. The Morgan fingerprint density at radius 2 is 2.42 bits per heavy atom. The molecule has 1 amide bonds. The fourth-order valence-corrected chi connectivity index (χ4v) is 2.83. The summed E-state index contributed by atoms with van der Waals surface area (Å²) in [6.07, 6.45) is 0.753. The van der Waals surface area contributed by atoms with Crippen LogP contribution in [0.1, 0.15) is 24.5 Å². The first-order valence-corrected chi connectivity index (χ1v) is 7.86. The second kappa shape index (κ2) is 6.72. The second-order valence-corrected chi connectivity index (χ2v) is 6.31. The minimum Gasteiger partial charge on any atom is -0.353 e. The second-order valence-electron chi connectivity index (χ2n) is 4.33. The van der Waals surface area contributed by atoms with Gasteiger partial charge in [0.25, 0.3) is 0 Å². The fourth-order valence-electron chi connectivity index (χ4n) is 1.49. The average molecular weight is 296 g/mol. The predicted octanol–water partition coefficient (Wildman–Crippen LogP) is 2.07. The average Bonchev–Trinajstić information content (AvgIpc) is 2.98. The van der Waals surface area contributed by atoms with Crippen LogP contribution in [0, 0.1) is 0 Å². The molecule has 0 radical (unpaired) electrons. The van der Waals surface area contributed by atoms with Crippen LogP contribution in [0.3, 0.4) is 0 Å². The lowest BCUT2D eigenvalue weighted by Crippen LogP contribution is -2.31. The molecule has 2 rings (SSSR count). The van der Waals surface area contributed by atoms with Crippen LogP contribution in [0.2, 0.25) is 0 Å². The van der Waals surface area contributed by atoms with Crippen molar-refractivity contribution in [3.8, 4) is 0 Å². The number of rotatable bonds is 6. The van der Waals surface area contributed by atoms with Crippen molar-refractivity contribution in [1.29, 1.82) is 0 Å². The third kappa shape index (κ3) is 4.68. The number of hydrogen-bond acceptors (Lipinski definition) is 5. The molecule has 0 aliphatic heterocycles. The van der Waals surface area contributed by atoms with Crippen LogP contribution < -0.4 is 5.32 Å². The maximum Gasteiger partial charge on any atom is 0.230 e. The van der Waals surface area contributed by atoms with Crippen molar-refractivity contribution >= 4 is 29.0 Å². The van der Waals surface area contributed by atoms with Crippen molar-refractivity contribution in [3.05, 3.63) is 28.2 Å². The standard InChI is InChI=1S/C12H16N4OS2/c1-8(2)13-11(17)7-19-12-14-10(15-16-12)6-9-4-3-5-18-9/h3-5,8H,6-7H2,1-2H3,(H,13,17)(H,14,15,16). The monoisotopic (exact) mass is 296 g/mol. The van der Waals surface area contributed by atoms with E-state index in [0.717, 1.165) is 12.2 Å². The summed E-state index contributed by atoms with van der Waals surface area (Å²) in [5.41, 5.74) is 0. The first-order valence-electron chi connectivity index (χ1n) is 5.99. The van der Waals surface area contributed by atoms with Crippen molar-refractivity contribution in [3.63, 3.8) is 0 Å². The Kier molecular flexibility index (Phi) is 4.98. The van der Waals surface area contributed by atoms with E-state index in [1.807, 2.05) is 25.3 Å². The Morgan fingerprint density at radius 3 is 3.11 bits per heavy atom. The number of nitrogens with one attached hydrogen (secondary N) is 2. The number of thioether (sulfide) groups is 1. The van der Waals surface area contributed by atoms with Gasteiger partial charge in [-0.15, -0.1) is 16.4 Å². The first kappa shape index (κ1) is 14.1. The summed E-state index contributed by atoms with van der Waals surface area (Å²) >= 11 is 3.04. The molecule has 0 bridgehead atoms. The lowest BCUT2D eigenvalue weighted by atomic mass is 10.3. The summed E-state index contributed by atoms with van der Waals surface area (Å²) in [4.78, 5) is 17.1. The van der Waals surface area contributed by atoms with Gasteiger partial charge in [0.2, 0.25) is 11.1 Å². The Morgan fingerprint density at radius 1 is 1.58 bits per heavy atom. The van der Waals surface area contributed by atoms with E-state index < -0.39 is 0 Å². The van der Waals surface area contributed by atoms with E-state index in [4.69, 9.17) is 0 Å². The highest BCUT2D eigenvalue weighted by molar-refractivity contribution is 7.99. The molecule has 0 atom stereocenters. The highest BCUT2D eigenvalue weighted by atomic mass is 32.2. The van der Waals surface area contributed by atoms with Crippen molar-refractivity contribution in [2.45, 2.75) is 31.5 Å². The zero-order chi connectivity index (χ0) is 13.7. The number of aromatic amines is 1. The molecule has 2 aromatic rings. The molecule has 0 spiro atoms. The molecule has 0 aliphatic rings. The van der Waals surface area contributed by atoms with E-state index in [1.165, 1.54) is 16.6 Å². The summed E-state index contributed by atoms with van der Waals surface area (Å²) in [7, 11) is 0. The van der Waals surface area contributed by atoms with E-state index in [1.54, 1.807) is 11.3 Å². The number of nitrogens with zero attached hydrogens (tertiary/aromatic N) is 2. The van der Waals surface area contributed by atoms with Gasteiger partial charge >= 0.3 is 0 Å². The molecule has 0 aromatic carbocycles. The molecular formula is C12H16N4OS2. The van der Waals surface area contributed by atoms with Crippen LogP contribution in [0.25, 0.3) is 0 Å². The number of carbonyl (C=O) groups excluding carboxylic acids is 1. The van der Waals surface area contributed by atoms with Gasteiger partial charge in [0.1, 0.15) is 5.82 Å². The molecular weight excluding hydrogens is 280 g/mol. The van der Waals surface area contributed by atoms with Gasteiger partial charge < -0.3 is 5.32 Å². The molecule has 5 nitrogen and oxygen atoms in total. The van der Waals surface area contributed by atoms with Gasteiger partial charge in [-0.2, -0.15) is 0 Å². The van der Waals surface area contributed by atoms with Crippen LogP contribution in [0.4, 0.5) is 0 Å². The third-order valence-corrected chi connectivity index (χ3v) is 3.94. The Bertz CT molecular complexity index is 522. The van der Waals surface area contributed by atoms with Crippen LogP contribution in [-0.4, -0.2) is 32.9 Å². The largest absolute Gasteiger partial charge is 0.353 e. The third-order valence-electron chi connectivity index (χ3n) is 2.22. The number of thiophene rings is 1. The summed E-state index contributed by atoms with van der Waals surface area (Å²) < 4.78 is 0. The molecule has 0 unspecified atom stereocenters. The number of hydrogen-bond donors (Lipinski definition) is 2. The minimum atomic E-state index is 0.00427. The van der Waals surface area contributed by atoms with Crippen LogP contribution in [0.15, 0.2) is 22.7 Å². The van der Waals surface area contributed by atoms with Gasteiger partial charge in [0.15, 0.2) is 0 Å². The van der Waals surface area contributed by atoms with Crippen molar-refractivity contribution in [1.82, 2.24) is 20.5 Å². The molecule has 7 heteroatoms. The van der Waals surface area contributed by atoms with E-state index in [0.29, 0.717) is 10.9 Å². The molecule has 0 aliphatic carbocycles. The normalized spacial score (nSPS) is 10.9. The minimum absolute atomic E-state index is 0.00427. The number of amides is 1. The summed E-state index contributed by atoms with van der Waals surface area (Å²) in [6, 6.07) is 4.24. The Hall–Kier alpha value is -1.34. The molecule has 2 heterocycles. The molecule has 2 aromatic heterocycles. The van der Waals surface area contributed by atoms with Gasteiger partial charge in [-0.25, -0.2) is 4.98 Å². The SMILES string of the molecule is CC(C)NC(=O)CSc1n[nH]c(Cc2cccs2)n1. The van der Waals surface area contributed by atoms with E-state index in [-0.39, 0.29) is 11.9 Å². The topological polar surface area (TPSA) is 70.7 Å². The number of aromatic nitrogens is 3. The maximum atomic E-state index is 11.5. The van der Waals surface area contributed by atoms with Crippen molar-refractivity contribution in [2.24, 2.45) is 0 Å². The highest BCUT2D eigenvalue weighted by Crippen LogP contribution is 2.15. The van der Waals surface area contributed by atoms with Crippen LogP contribution >= 0.6 is 23.1 Å². The van der Waals surface area contributed by atoms with E-state index in [2.05, 4.69) is 26.6 Å². The van der Waals surface area contributed by atoms with Crippen LogP contribution in [0.5, 0.6) is 0 Å². The molecule has 102 valence electrons. The summed E-state index contributed by atoms with van der Waals surface area (Å²) in [5, 5.41) is 12.5. The first-order chi connectivity index (χ1) is 9.13. The van der Waals surface area contributed by atoms with E-state index in [9.17, 15) is 4.79 Å². The number of carbonyl (C=O) groups is 1. The van der Waals surface area contributed by atoms with Crippen LogP contribution in [-0.2, 0) is 11.2 Å². The lowest BCUT2D eigenvalue weighted by Gasteiger charge is -2.06. The Labute approximate surface area is 120 Å². The fraction of sp³-hybridized carbons (Fsp3) is 0.417. The smallest absolute Gasteiger partial charge is 0.230 e. The summed E-state index contributed by atoms with van der Waals surface area (Å²) in [6.45, 7) is 3.88. The molecule has 0 saturated heterocycles. The van der Waals surface area contributed by atoms with Gasteiger partial charge in [-0.1, -0.05) is 17.8 Å².